The van der Waals surface area contributed by atoms with Crippen molar-refractivity contribution in [1.29, 1.82) is 0 Å². The fraction of sp³-hybridized carbons (Fsp3) is 0.630. The molecule has 1 aromatic heterocycles. The first kappa shape index (κ1) is 25.0. The lowest BCUT2D eigenvalue weighted by molar-refractivity contribution is 0.0285. The first-order valence-corrected chi connectivity index (χ1v) is 12.3. The van der Waals surface area contributed by atoms with Crippen LogP contribution >= 0.6 is 0 Å². The number of rotatable bonds is 11. The summed E-state index contributed by atoms with van der Waals surface area (Å²) in [6.07, 6.45) is 3.78. The number of nitrogens with zero attached hydrogens (tertiary/aromatic N) is 3. The van der Waals surface area contributed by atoms with Crippen LogP contribution in [0.5, 0.6) is 0 Å². The molecular formula is C27H43N3O2. The fourth-order valence-electron chi connectivity index (χ4n) is 4.35. The zero-order chi connectivity index (χ0) is 23.0. The van der Waals surface area contributed by atoms with Crippen LogP contribution in [-0.4, -0.2) is 71.5 Å². The number of aliphatic hydroxyl groups is 1. The quantitative estimate of drug-likeness (QED) is 0.569. The Hall–Kier alpha value is -1.66. The molecule has 5 heteroatoms. The van der Waals surface area contributed by atoms with Gasteiger partial charge in [-0.1, -0.05) is 58.4 Å². The van der Waals surface area contributed by atoms with Crippen molar-refractivity contribution in [3.63, 3.8) is 0 Å². The molecule has 1 aliphatic heterocycles. The summed E-state index contributed by atoms with van der Waals surface area (Å²) in [6.45, 7) is 17.0. The monoisotopic (exact) mass is 441 g/mol. The van der Waals surface area contributed by atoms with Gasteiger partial charge in [-0.25, -0.2) is 0 Å². The van der Waals surface area contributed by atoms with Gasteiger partial charge in [0.15, 0.2) is 0 Å². The van der Waals surface area contributed by atoms with Crippen molar-refractivity contribution < 1.29 is 9.84 Å². The van der Waals surface area contributed by atoms with E-state index in [1.807, 2.05) is 0 Å². The van der Waals surface area contributed by atoms with Crippen LogP contribution in [0.2, 0.25) is 0 Å². The highest BCUT2D eigenvalue weighted by atomic mass is 16.5. The van der Waals surface area contributed by atoms with Crippen molar-refractivity contribution >= 4 is 0 Å². The molecule has 0 bridgehead atoms. The summed E-state index contributed by atoms with van der Waals surface area (Å²) in [5.41, 5.74) is 4.17. The lowest BCUT2D eigenvalue weighted by Gasteiger charge is -2.31. The Morgan fingerprint density at radius 3 is 2.47 bits per heavy atom. The molecule has 1 aliphatic rings. The molecule has 2 heterocycles. The topological polar surface area (TPSA) is 40.9 Å². The predicted molar refractivity (Wildman–Crippen MR) is 132 cm³/mol. The van der Waals surface area contributed by atoms with Gasteiger partial charge in [0.25, 0.3) is 0 Å². The maximum Gasteiger partial charge on any atom is 0.0667 e. The van der Waals surface area contributed by atoms with Gasteiger partial charge in [0.1, 0.15) is 0 Å². The van der Waals surface area contributed by atoms with Crippen molar-refractivity contribution in [2.75, 3.05) is 45.9 Å². The Labute approximate surface area is 195 Å². The maximum absolute atomic E-state index is 10.5. The van der Waals surface area contributed by atoms with Gasteiger partial charge in [-0.2, -0.15) is 0 Å². The Balaban J connectivity index is 1.64. The van der Waals surface area contributed by atoms with Gasteiger partial charge in [0.2, 0.25) is 0 Å². The van der Waals surface area contributed by atoms with Gasteiger partial charge in [-0.05, 0) is 35.1 Å². The van der Waals surface area contributed by atoms with E-state index in [1.165, 1.54) is 16.8 Å². The first-order valence-electron chi connectivity index (χ1n) is 12.3. The molecule has 1 fully saturated rings. The number of hydrogen-bond donors (Lipinski definition) is 1. The van der Waals surface area contributed by atoms with Crippen LogP contribution in [0, 0.1) is 0 Å². The molecule has 3 rings (SSSR count). The molecule has 0 spiro atoms. The highest BCUT2D eigenvalue weighted by Crippen LogP contribution is 2.22. The Bertz CT molecular complexity index is 788. The summed E-state index contributed by atoms with van der Waals surface area (Å²) in [5, 5.41) is 10.5. The van der Waals surface area contributed by atoms with Crippen molar-refractivity contribution in [3.8, 4) is 0 Å². The van der Waals surface area contributed by atoms with E-state index >= 15 is 0 Å². The fourth-order valence-corrected chi connectivity index (χ4v) is 4.35. The maximum atomic E-state index is 10.5. The third kappa shape index (κ3) is 7.73. The minimum absolute atomic E-state index is 0.178. The number of aromatic nitrogens is 1. The van der Waals surface area contributed by atoms with Gasteiger partial charge >= 0.3 is 0 Å². The highest BCUT2D eigenvalue weighted by molar-refractivity contribution is 5.28. The largest absolute Gasteiger partial charge is 0.392 e. The van der Waals surface area contributed by atoms with Gasteiger partial charge < -0.3 is 14.4 Å². The standard InChI is InChI=1S/C27H43N3O2/c1-5-7-26(31)22-29(15-14-28-16-18-32-19-17-28)21-25-8-6-13-30(25)20-23-9-11-24(12-10-23)27(2,3)4/h6,8-13,26,31H,5,7,14-22H2,1-4H3. The smallest absolute Gasteiger partial charge is 0.0667 e. The SMILES string of the molecule is CCCC(O)CN(CCN1CCOCC1)Cc1cccn1Cc1ccc(C(C)(C)C)cc1. The lowest BCUT2D eigenvalue weighted by atomic mass is 9.87. The van der Waals surface area contributed by atoms with Crippen LogP contribution < -0.4 is 0 Å². The van der Waals surface area contributed by atoms with Crippen molar-refractivity contribution in [2.24, 2.45) is 0 Å². The van der Waals surface area contributed by atoms with E-state index in [0.717, 1.165) is 71.9 Å². The van der Waals surface area contributed by atoms with Crippen LogP contribution in [0.3, 0.4) is 0 Å². The Morgan fingerprint density at radius 2 is 1.81 bits per heavy atom. The normalized spacial score (nSPS) is 16.6. The molecule has 1 unspecified atom stereocenters. The molecule has 0 aliphatic carbocycles. The van der Waals surface area contributed by atoms with E-state index in [-0.39, 0.29) is 11.5 Å². The zero-order valence-electron chi connectivity index (χ0n) is 20.6. The Kier molecular flexibility index (Phi) is 9.35. The predicted octanol–water partition coefficient (Wildman–Crippen LogP) is 4.13. The Morgan fingerprint density at radius 1 is 1.09 bits per heavy atom. The van der Waals surface area contributed by atoms with E-state index in [2.05, 4.69) is 84.7 Å². The summed E-state index contributed by atoms with van der Waals surface area (Å²) >= 11 is 0. The molecule has 0 saturated carbocycles. The second-order valence-corrected chi connectivity index (χ2v) is 10.2. The van der Waals surface area contributed by atoms with Crippen LogP contribution in [0.1, 0.15) is 57.4 Å². The van der Waals surface area contributed by atoms with E-state index in [0.29, 0.717) is 0 Å². The molecule has 2 aromatic rings. The lowest BCUT2D eigenvalue weighted by Crippen LogP contribution is -2.43. The van der Waals surface area contributed by atoms with Crippen LogP contribution in [-0.2, 0) is 23.2 Å². The minimum Gasteiger partial charge on any atom is -0.392 e. The second kappa shape index (κ2) is 12.0. The van der Waals surface area contributed by atoms with E-state index in [9.17, 15) is 5.11 Å². The van der Waals surface area contributed by atoms with Crippen LogP contribution in [0.4, 0.5) is 0 Å². The summed E-state index contributed by atoms with van der Waals surface area (Å²) in [4.78, 5) is 4.89. The minimum atomic E-state index is -0.266. The number of hydrogen-bond acceptors (Lipinski definition) is 4. The molecule has 1 atom stereocenters. The molecule has 178 valence electrons. The molecule has 0 radical (unpaired) electrons. The number of morpholine rings is 1. The molecule has 32 heavy (non-hydrogen) atoms. The van der Waals surface area contributed by atoms with Gasteiger partial charge in [-0.15, -0.1) is 0 Å². The van der Waals surface area contributed by atoms with Gasteiger partial charge in [0.05, 0.1) is 19.3 Å². The van der Waals surface area contributed by atoms with Crippen molar-refractivity contribution in [3.05, 3.63) is 59.4 Å². The summed E-state index contributed by atoms with van der Waals surface area (Å²) in [5.74, 6) is 0. The summed E-state index contributed by atoms with van der Waals surface area (Å²) in [6, 6.07) is 13.4. The number of benzene rings is 1. The molecule has 1 saturated heterocycles. The molecule has 1 aromatic carbocycles. The van der Waals surface area contributed by atoms with Crippen LogP contribution in [0.15, 0.2) is 42.6 Å². The molecular weight excluding hydrogens is 398 g/mol. The van der Waals surface area contributed by atoms with Crippen LogP contribution in [0.25, 0.3) is 0 Å². The average molecular weight is 442 g/mol. The molecule has 1 N–H and O–H groups in total. The molecule has 0 amide bonds. The first-order chi connectivity index (χ1) is 15.3. The number of aliphatic hydroxyl groups excluding tert-OH is 1. The van der Waals surface area contributed by atoms with Gasteiger partial charge in [0, 0.05) is 57.7 Å². The van der Waals surface area contributed by atoms with Crippen molar-refractivity contribution in [2.45, 2.75) is 65.1 Å². The summed E-state index contributed by atoms with van der Waals surface area (Å²) < 4.78 is 7.84. The number of ether oxygens (including phenoxy) is 1. The zero-order valence-corrected chi connectivity index (χ0v) is 20.6. The molecule has 5 nitrogen and oxygen atoms in total. The van der Waals surface area contributed by atoms with E-state index in [1.54, 1.807) is 0 Å². The van der Waals surface area contributed by atoms with E-state index in [4.69, 9.17) is 4.74 Å². The third-order valence-electron chi connectivity index (χ3n) is 6.41. The third-order valence-corrected chi connectivity index (χ3v) is 6.41. The van der Waals surface area contributed by atoms with E-state index < -0.39 is 0 Å². The highest BCUT2D eigenvalue weighted by Gasteiger charge is 2.17. The van der Waals surface area contributed by atoms with Crippen molar-refractivity contribution in [1.82, 2.24) is 14.4 Å². The average Bonchev–Trinajstić information content (AvgIpc) is 3.19. The summed E-state index contributed by atoms with van der Waals surface area (Å²) in [7, 11) is 0. The second-order valence-electron chi connectivity index (χ2n) is 10.2. The van der Waals surface area contributed by atoms with Gasteiger partial charge in [-0.3, -0.25) is 9.80 Å².